The van der Waals surface area contributed by atoms with Crippen molar-refractivity contribution in [3.8, 4) is 5.75 Å². The third kappa shape index (κ3) is 9.61. The Hall–Kier alpha value is -5.85. The van der Waals surface area contributed by atoms with E-state index in [1.807, 2.05) is 13.0 Å². The number of hydrogen-bond donors (Lipinski definition) is 3. The second kappa shape index (κ2) is 21.3. The Bertz CT molecular complexity index is 2930. The summed E-state index contributed by atoms with van der Waals surface area (Å²) in [4.78, 5) is 44.8. The van der Waals surface area contributed by atoms with Gasteiger partial charge in [0.25, 0.3) is 0 Å². The number of carbonyl (C=O) groups is 2. The fraction of sp³-hybridized carbons (Fsp3) is 0.459. The van der Waals surface area contributed by atoms with Crippen LogP contribution >= 0.6 is 0 Å². The van der Waals surface area contributed by atoms with E-state index in [2.05, 4.69) is 78.9 Å². The van der Waals surface area contributed by atoms with Gasteiger partial charge >= 0.3 is 17.6 Å². The third-order valence-corrected chi connectivity index (χ3v) is 16.9. The summed E-state index contributed by atoms with van der Waals surface area (Å²) < 4.78 is 32.9. The van der Waals surface area contributed by atoms with Crippen molar-refractivity contribution in [1.82, 2.24) is 0 Å². The molecule has 3 aliphatic heterocycles. The van der Waals surface area contributed by atoms with E-state index in [0.717, 1.165) is 56.1 Å². The normalized spacial score (nSPS) is 27.3. The Labute approximate surface area is 421 Å². The molecule has 1 aromatic heterocycles. The van der Waals surface area contributed by atoms with E-state index in [-0.39, 0.29) is 79.0 Å². The minimum absolute atomic E-state index is 0.0298. The zero-order valence-corrected chi connectivity index (χ0v) is 41.8. The summed E-state index contributed by atoms with van der Waals surface area (Å²) in [5, 5.41) is 32.1. The number of benzene rings is 4. The molecule has 10 rings (SSSR count). The second-order valence-electron chi connectivity index (χ2n) is 21.2. The summed E-state index contributed by atoms with van der Waals surface area (Å²) in [6.45, 7) is 2.72. The number of ether oxygens (including phenoxy) is 4. The van der Waals surface area contributed by atoms with Gasteiger partial charge in [0.1, 0.15) is 11.3 Å². The third-order valence-electron chi connectivity index (χ3n) is 16.9. The second-order valence-corrected chi connectivity index (χ2v) is 21.2. The maximum atomic E-state index is 15.4. The number of rotatable bonds is 10. The van der Waals surface area contributed by atoms with Gasteiger partial charge in [0.15, 0.2) is 17.8 Å². The molecule has 2 aliphatic carbocycles. The highest BCUT2D eigenvalue weighted by atomic mass is 16.6. The summed E-state index contributed by atoms with van der Waals surface area (Å²) in [7, 11) is 1.51. The summed E-state index contributed by atoms with van der Waals surface area (Å²) in [6, 6.07) is 29.5. The highest BCUT2D eigenvalue weighted by Gasteiger charge is 2.58. The molecule has 0 amide bonds. The van der Waals surface area contributed by atoms with Crippen LogP contribution in [0, 0.1) is 17.8 Å². The Morgan fingerprint density at radius 2 is 1.64 bits per heavy atom. The molecule has 4 aromatic carbocycles. The number of esters is 2. The lowest BCUT2D eigenvalue weighted by Crippen LogP contribution is -2.60. The zero-order chi connectivity index (χ0) is 50.1. The van der Waals surface area contributed by atoms with Crippen molar-refractivity contribution in [2.45, 2.75) is 133 Å². The van der Waals surface area contributed by atoms with Crippen molar-refractivity contribution in [2.75, 3.05) is 26.9 Å². The van der Waals surface area contributed by atoms with Gasteiger partial charge in [-0.1, -0.05) is 104 Å². The molecule has 9 unspecified atom stereocenters. The molecule has 1 fully saturated rings. The van der Waals surface area contributed by atoms with Gasteiger partial charge in [0, 0.05) is 60.3 Å². The van der Waals surface area contributed by atoms with Gasteiger partial charge in [-0.15, -0.1) is 0 Å². The van der Waals surface area contributed by atoms with Gasteiger partial charge in [-0.25, -0.2) is 9.59 Å². The zero-order valence-electron chi connectivity index (χ0n) is 41.8. The molecule has 0 spiro atoms. The molecule has 11 heteroatoms. The topological polar surface area (TPSA) is 162 Å². The molecule has 9 atom stereocenters. The van der Waals surface area contributed by atoms with Crippen LogP contribution in [0.5, 0.6) is 5.75 Å². The fourth-order valence-electron chi connectivity index (χ4n) is 13.3. The van der Waals surface area contributed by atoms with Crippen molar-refractivity contribution in [3.05, 3.63) is 169 Å². The van der Waals surface area contributed by atoms with E-state index in [1.165, 1.54) is 29.4 Å². The van der Waals surface area contributed by atoms with Crippen LogP contribution in [0.2, 0.25) is 0 Å². The largest absolute Gasteiger partial charge is 0.483 e. The van der Waals surface area contributed by atoms with Gasteiger partial charge in [0.2, 0.25) is 0 Å². The molecule has 72 heavy (non-hydrogen) atoms. The van der Waals surface area contributed by atoms with Crippen LogP contribution in [-0.2, 0) is 49.7 Å². The van der Waals surface area contributed by atoms with Crippen LogP contribution in [0.3, 0.4) is 0 Å². The van der Waals surface area contributed by atoms with Gasteiger partial charge < -0.3 is 38.7 Å². The molecule has 1 saturated carbocycles. The van der Waals surface area contributed by atoms with E-state index >= 15 is 9.59 Å². The maximum absolute atomic E-state index is 15.4. The average molecular weight is 977 g/mol. The van der Waals surface area contributed by atoms with Crippen molar-refractivity contribution in [3.63, 3.8) is 0 Å². The lowest BCUT2D eigenvalue weighted by molar-refractivity contribution is -0.205. The molecular weight excluding hydrogens is 909 g/mol. The predicted octanol–water partition coefficient (Wildman–Crippen LogP) is 10.2. The number of aliphatic hydroxyl groups excluding tert-OH is 3. The molecule has 5 aliphatic rings. The molecule has 0 radical (unpaired) electrons. The van der Waals surface area contributed by atoms with Crippen LogP contribution in [0.1, 0.15) is 146 Å². The smallest absolute Gasteiger partial charge is 0.340 e. The number of aryl methyl sites for hydroxylation is 2. The highest BCUT2D eigenvalue weighted by molar-refractivity contribution is 5.90. The SMILES string of the molecule is COCC(CCO)c1c(CO)c2ccc3c(c2oc1=O)C1OC(=O)CC2CC(c4cccc(Cc5ccccc5)c4)C=CC2c2ccc4c(c2)CCC2CCCCC2C(C)(O3)C1OC(=O)C(=C(C)CO)CC4. The summed E-state index contributed by atoms with van der Waals surface area (Å²) >= 11 is 0. The molecule has 5 aromatic rings. The Balaban J connectivity index is 1.16. The summed E-state index contributed by atoms with van der Waals surface area (Å²) in [5.74, 6) is -1.63. The maximum Gasteiger partial charge on any atom is 0.340 e. The van der Waals surface area contributed by atoms with Gasteiger partial charge in [0.05, 0.1) is 25.4 Å². The highest BCUT2D eigenvalue weighted by Crippen LogP contribution is 2.55. The van der Waals surface area contributed by atoms with Gasteiger partial charge in [-0.05, 0) is 134 Å². The molecule has 11 nitrogen and oxygen atoms in total. The van der Waals surface area contributed by atoms with Crippen LogP contribution < -0.4 is 10.4 Å². The predicted molar refractivity (Wildman–Crippen MR) is 274 cm³/mol. The average Bonchev–Trinajstić information content (AvgIpc) is 3.39. The number of methoxy groups -OCH3 is 1. The Morgan fingerprint density at radius 3 is 2.43 bits per heavy atom. The first kappa shape index (κ1) is 49.7. The quantitative estimate of drug-likeness (QED) is 0.0529. The minimum atomic E-state index is -1.31. The number of carbonyl (C=O) groups excluding carboxylic acids is 2. The first-order chi connectivity index (χ1) is 35.0. The Kier molecular flexibility index (Phi) is 14.7. The molecule has 4 heterocycles. The van der Waals surface area contributed by atoms with Crippen molar-refractivity contribution in [1.29, 1.82) is 0 Å². The van der Waals surface area contributed by atoms with Crippen LogP contribution in [0.15, 0.2) is 117 Å². The van der Waals surface area contributed by atoms with E-state index in [1.54, 1.807) is 19.1 Å². The van der Waals surface area contributed by atoms with E-state index < -0.39 is 47.9 Å². The Morgan fingerprint density at radius 1 is 0.819 bits per heavy atom. The summed E-state index contributed by atoms with van der Waals surface area (Å²) in [5.41, 5.74) is 6.80. The monoisotopic (exact) mass is 976 g/mol. The summed E-state index contributed by atoms with van der Waals surface area (Å²) in [6.07, 6.45) is 10.0. The van der Waals surface area contributed by atoms with E-state index in [9.17, 15) is 20.1 Å². The van der Waals surface area contributed by atoms with E-state index in [4.69, 9.17) is 23.4 Å². The van der Waals surface area contributed by atoms with Crippen molar-refractivity contribution in [2.24, 2.45) is 17.8 Å². The van der Waals surface area contributed by atoms with Crippen LogP contribution in [0.25, 0.3) is 11.0 Å². The minimum Gasteiger partial charge on any atom is -0.483 e. The van der Waals surface area contributed by atoms with Gasteiger partial charge in [-0.2, -0.15) is 0 Å². The molecule has 0 saturated heterocycles. The molecule has 3 N–H and O–H groups in total. The molecule has 378 valence electrons. The number of aliphatic hydroxyl groups is 3. The first-order valence-corrected chi connectivity index (χ1v) is 26.2. The van der Waals surface area contributed by atoms with E-state index in [0.29, 0.717) is 47.1 Å². The van der Waals surface area contributed by atoms with Crippen molar-refractivity contribution < 1.29 is 48.3 Å². The number of allylic oxidation sites excluding steroid dienone is 2. The standard InChI is InChI=1S/C61H68O11/c1-36(33-63)47-22-20-39-16-19-44-30-42(39)18-17-40-13-7-8-15-51(40)61(2)58(71-59(47)66)57(55-52(72-61)25-24-49-50(34-64)54(60(67)70-56(49)55)45(26-27-62)35-68-3)69-53(65)32-46-31-43(21-23-48(44)46)41-14-9-12-38(29-41)28-37-10-5-4-6-11-37/h4-6,9-12,14,16,19,21,23-25,29-30,40,43,45-46,48,51,57-58,62-64H,7-8,13,15,17-18,20,22,26-28,31-35H2,1-3H3. The van der Waals surface area contributed by atoms with Crippen molar-refractivity contribution >= 4 is 22.9 Å². The molecular formula is C61H68O11. The lowest BCUT2D eigenvalue weighted by Gasteiger charge is -2.52. The first-order valence-electron chi connectivity index (χ1n) is 26.2. The lowest BCUT2D eigenvalue weighted by atomic mass is 9.65. The van der Waals surface area contributed by atoms with Crippen LogP contribution in [-0.4, -0.2) is 65.9 Å². The molecule has 5 bridgehead atoms. The van der Waals surface area contributed by atoms with Gasteiger partial charge in [-0.3, -0.25) is 4.79 Å². The fourth-order valence-corrected chi connectivity index (χ4v) is 13.3. The number of hydrogen-bond acceptors (Lipinski definition) is 11. The number of fused-ring (bicyclic) bond motifs is 8. The van der Waals surface area contributed by atoms with Crippen LogP contribution in [0.4, 0.5) is 0 Å².